The van der Waals surface area contributed by atoms with Gasteiger partial charge < -0.3 is 34.5 Å². The molecule has 3 aromatic carbocycles. The number of aryl methyl sites for hydroxylation is 1. The van der Waals surface area contributed by atoms with Crippen molar-refractivity contribution in [1.82, 2.24) is 15.5 Å². The third-order valence-electron chi connectivity index (χ3n) is 7.37. The number of ether oxygens (including phenoxy) is 4. The minimum atomic E-state index is -0.650. The molecule has 3 aromatic rings. The van der Waals surface area contributed by atoms with Crippen molar-refractivity contribution in [1.29, 1.82) is 0 Å². The first kappa shape index (κ1) is 30.9. The van der Waals surface area contributed by atoms with Gasteiger partial charge in [0.25, 0.3) is 11.8 Å². The molecule has 2 N–H and O–H groups in total. The number of piperidine rings is 1. The predicted molar refractivity (Wildman–Crippen MR) is 160 cm³/mol. The van der Waals surface area contributed by atoms with Crippen molar-refractivity contribution in [2.45, 2.75) is 38.0 Å². The van der Waals surface area contributed by atoms with Gasteiger partial charge in [-0.3, -0.25) is 14.4 Å². The minimum absolute atomic E-state index is 0.114. The van der Waals surface area contributed by atoms with Crippen LogP contribution in [0.25, 0.3) is 0 Å². The van der Waals surface area contributed by atoms with E-state index in [0.717, 1.165) is 5.56 Å². The van der Waals surface area contributed by atoms with Gasteiger partial charge in [-0.15, -0.1) is 0 Å². The zero-order chi connectivity index (χ0) is 31.1. The summed E-state index contributed by atoms with van der Waals surface area (Å²) in [7, 11) is 1.50. The number of carbonyl (C=O) groups is 3. The molecule has 4 bridgehead atoms. The lowest BCUT2D eigenvalue weighted by molar-refractivity contribution is -0.137. The Bertz CT molecular complexity index is 1520. The van der Waals surface area contributed by atoms with E-state index >= 15 is 0 Å². The average molecular weight is 626 g/mol. The molecule has 2 heterocycles. The van der Waals surface area contributed by atoms with Crippen molar-refractivity contribution >= 4 is 29.3 Å². The number of amides is 3. The molecule has 3 amide bonds. The molecule has 0 saturated carbocycles. The number of benzene rings is 3. The topological polar surface area (TPSA) is 115 Å². The highest BCUT2D eigenvalue weighted by Crippen LogP contribution is 2.29. The fourth-order valence-corrected chi connectivity index (χ4v) is 5.31. The summed E-state index contributed by atoms with van der Waals surface area (Å²) >= 11 is 6.15. The van der Waals surface area contributed by atoms with Crippen LogP contribution in [0.4, 0.5) is 4.39 Å². The number of halogens is 2. The smallest absolute Gasteiger partial charge is 0.260 e. The third-order valence-corrected chi connectivity index (χ3v) is 7.68. The van der Waals surface area contributed by atoms with Crippen molar-refractivity contribution in [2.24, 2.45) is 0 Å². The Morgan fingerprint density at radius 1 is 1.05 bits per heavy atom. The number of hydrogen-bond acceptors (Lipinski definition) is 7. The van der Waals surface area contributed by atoms with Crippen LogP contribution in [0.5, 0.6) is 23.0 Å². The van der Waals surface area contributed by atoms with E-state index in [0.29, 0.717) is 47.2 Å². The SMILES string of the molecule is COc1ccc2cc1OCC(=O)N[C@@H]1CN(C(=O)COc3ccccc3Cl)CC[C@H]1Oc1cc(F)cc(c1)CNC(=O)CC2. The Labute approximate surface area is 259 Å². The first-order chi connectivity index (χ1) is 21.3. The fourth-order valence-electron chi connectivity index (χ4n) is 5.12. The van der Waals surface area contributed by atoms with E-state index in [1.165, 1.54) is 19.2 Å². The number of likely N-dealkylation sites (tertiary alicyclic amines) is 1. The van der Waals surface area contributed by atoms with E-state index in [9.17, 15) is 18.8 Å². The summed E-state index contributed by atoms with van der Waals surface area (Å²) in [5, 5.41) is 6.14. The molecule has 0 radical (unpaired) electrons. The average Bonchev–Trinajstić information content (AvgIpc) is 3.01. The second kappa shape index (κ2) is 14.3. The van der Waals surface area contributed by atoms with Crippen LogP contribution in [0.2, 0.25) is 5.02 Å². The number of fused-ring (bicyclic) bond motifs is 5. The van der Waals surface area contributed by atoms with Crippen molar-refractivity contribution in [3.8, 4) is 23.0 Å². The molecular weight excluding hydrogens is 593 g/mol. The first-order valence-corrected chi connectivity index (χ1v) is 14.6. The fraction of sp³-hybridized carbons (Fsp3) is 0.344. The second-order valence-corrected chi connectivity index (χ2v) is 10.9. The van der Waals surface area contributed by atoms with Crippen LogP contribution in [0.15, 0.2) is 60.7 Å². The second-order valence-electron chi connectivity index (χ2n) is 10.5. The number of carbonyl (C=O) groups excluding carboxylic acids is 3. The summed E-state index contributed by atoms with van der Waals surface area (Å²) in [6.07, 6.45) is 0.382. The normalized spacial score (nSPS) is 19.1. The minimum Gasteiger partial charge on any atom is -0.493 e. The van der Waals surface area contributed by atoms with Gasteiger partial charge in [-0.1, -0.05) is 29.8 Å². The van der Waals surface area contributed by atoms with Gasteiger partial charge in [0.15, 0.2) is 24.7 Å². The Balaban J connectivity index is 1.36. The van der Waals surface area contributed by atoms with Crippen molar-refractivity contribution in [3.05, 3.63) is 82.6 Å². The van der Waals surface area contributed by atoms with Crippen LogP contribution >= 0.6 is 11.6 Å². The van der Waals surface area contributed by atoms with Gasteiger partial charge in [-0.2, -0.15) is 0 Å². The first-order valence-electron chi connectivity index (χ1n) is 14.2. The summed E-state index contributed by atoms with van der Waals surface area (Å²) in [6, 6.07) is 15.7. The maximum absolute atomic E-state index is 14.6. The lowest BCUT2D eigenvalue weighted by Crippen LogP contribution is -2.59. The summed E-state index contributed by atoms with van der Waals surface area (Å²) in [5.74, 6) is -0.0299. The molecule has 2 aliphatic heterocycles. The molecule has 2 aliphatic rings. The molecule has 10 nitrogen and oxygen atoms in total. The summed E-state index contributed by atoms with van der Waals surface area (Å²) in [5.41, 5.74) is 1.35. The number of nitrogens with one attached hydrogen (secondary N) is 2. The number of hydrogen-bond donors (Lipinski definition) is 2. The number of rotatable bonds is 4. The third kappa shape index (κ3) is 8.10. The molecule has 1 saturated heterocycles. The van der Waals surface area contributed by atoms with Crippen molar-refractivity contribution < 1.29 is 37.7 Å². The molecule has 1 fully saturated rings. The lowest BCUT2D eigenvalue weighted by atomic mass is 10.0. The van der Waals surface area contributed by atoms with E-state index in [1.54, 1.807) is 47.4 Å². The van der Waals surface area contributed by atoms with Crippen LogP contribution < -0.4 is 29.6 Å². The molecule has 0 spiro atoms. The maximum atomic E-state index is 14.6. The highest BCUT2D eigenvalue weighted by molar-refractivity contribution is 6.32. The van der Waals surface area contributed by atoms with Gasteiger partial charge in [0.1, 0.15) is 23.4 Å². The van der Waals surface area contributed by atoms with E-state index in [2.05, 4.69) is 10.6 Å². The van der Waals surface area contributed by atoms with E-state index < -0.39 is 23.9 Å². The zero-order valence-corrected chi connectivity index (χ0v) is 24.9. The van der Waals surface area contributed by atoms with Gasteiger partial charge >= 0.3 is 0 Å². The molecular formula is C32H33ClFN3O7. The summed E-state index contributed by atoms with van der Waals surface area (Å²) < 4.78 is 37.6. The monoisotopic (exact) mass is 625 g/mol. The molecule has 232 valence electrons. The van der Waals surface area contributed by atoms with E-state index in [4.69, 9.17) is 30.5 Å². The Kier molecular flexibility index (Phi) is 10.1. The van der Waals surface area contributed by atoms with Crippen LogP contribution in [0, 0.1) is 5.82 Å². The van der Waals surface area contributed by atoms with Crippen LogP contribution in [0.1, 0.15) is 24.0 Å². The molecule has 2 atom stereocenters. The molecule has 12 heteroatoms. The van der Waals surface area contributed by atoms with E-state index in [-0.39, 0.29) is 50.3 Å². The summed E-state index contributed by atoms with van der Waals surface area (Å²) in [4.78, 5) is 40.4. The molecule has 0 aromatic heterocycles. The Morgan fingerprint density at radius 3 is 2.70 bits per heavy atom. The summed E-state index contributed by atoms with van der Waals surface area (Å²) in [6.45, 7) is -0.0214. The predicted octanol–water partition coefficient (Wildman–Crippen LogP) is 3.67. The van der Waals surface area contributed by atoms with Crippen LogP contribution in [-0.2, 0) is 27.3 Å². The lowest BCUT2D eigenvalue weighted by Gasteiger charge is -2.38. The number of methoxy groups -OCH3 is 1. The van der Waals surface area contributed by atoms with Gasteiger partial charge in [-0.05, 0) is 53.9 Å². The number of nitrogens with zero attached hydrogens (tertiary/aromatic N) is 1. The zero-order valence-electron chi connectivity index (χ0n) is 24.1. The standard InChI is InChI=1S/C32H33ClFN3O7/c1-41-28-8-6-20-7-9-30(38)35-16-21-12-22(34)15-23(13-21)44-27-10-11-37(17-25(27)36-31(39)18-42-29(28)14-20)32(40)19-43-26-5-3-2-4-24(26)33/h2-6,8,12-15,25,27H,7,9-11,16-19H2,1H3,(H,35,38)(H,36,39)/t25-,27-/m1/s1. The van der Waals surface area contributed by atoms with Crippen molar-refractivity contribution in [3.63, 3.8) is 0 Å². The van der Waals surface area contributed by atoms with Crippen LogP contribution in [0.3, 0.4) is 0 Å². The maximum Gasteiger partial charge on any atom is 0.260 e. The largest absolute Gasteiger partial charge is 0.493 e. The highest BCUT2D eigenvalue weighted by Gasteiger charge is 2.34. The van der Waals surface area contributed by atoms with Gasteiger partial charge in [-0.25, -0.2) is 4.39 Å². The highest BCUT2D eigenvalue weighted by atomic mass is 35.5. The van der Waals surface area contributed by atoms with Gasteiger partial charge in [0.2, 0.25) is 5.91 Å². The van der Waals surface area contributed by atoms with Gasteiger partial charge in [0.05, 0.1) is 18.2 Å². The number of para-hydroxylation sites is 1. The molecule has 44 heavy (non-hydrogen) atoms. The van der Waals surface area contributed by atoms with Gasteiger partial charge in [0, 0.05) is 38.5 Å². The van der Waals surface area contributed by atoms with Crippen LogP contribution in [-0.4, -0.2) is 68.2 Å². The molecule has 5 rings (SSSR count). The quantitative estimate of drug-likeness (QED) is 0.455. The Hall–Kier alpha value is -4.51. The van der Waals surface area contributed by atoms with E-state index in [1.807, 2.05) is 6.07 Å². The Morgan fingerprint density at radius 2 is 1.89 bits per heavy atom. The molecule has 0 aliphatic carbocycles. The molecule has 0 unspecified atom stereocenters. The van der Waals surface area contributed by atoms with Crippen molar-refractivity contribution in [2.75, 3.05) is 33.4 Å².